The standard InChI is InChI=1S/C10H10ClNS/c1-2-8-5-7(6-12-8)9-3-4-10(11)13-9/h3-5H,2,6H2,1H3. The molecule has 0 atom stereocenters. The van der Waals surface area contributed by atoms with Crippen molar-refractivity contribution in [2.24, 2.45) is 4.99 Å². The molecule has 2 rings (SSSR count). The molecule has 0 radical (unpaired) electrons. The molecular formula is C10H10ClNS. The van der Waals surface area contributed by atoms with Crippen LogP contribution in [-0.2, 0) is 0 Å². The number of hydrogen-bond donors (Lipinski definition) is 0. The molecule has 2 heterocycles. The summed E-state index contributed by atoms with van der Waals surface area (Å²) in [6, 6.07) is 4.00. The first kappa shape index (κ1) is 8.97. The summed E-state index contributed by atoms with van der Waals surface area (Å²) < 4.78 is 0.848. The number of aliphatic imine (C=N–C) groups is 1. The van der Waals surface area contributed by atoms with Crippen molar-refractivity contribution in [2.75, 3.05) is 6.54 Å². The van der Waals surface area contributed by atoms with Gasteiger partial charge in [0.05, 0.1) is 10.9 Å². The Hall–Kier alpha value is -0.600. The molecule has 1 aliphatic heterocycles. The maximum atomic E-state index is 5.86. The summed E-state index contributed by atoms with van der Waals surface area (Å²) in [6.07, 6.45) is 3.19. The van der Waals surface area contributed by atoms with Gasteiger partial charge < -0.3 is 0 Å². The third kappa shape index (κ3) is 1.84. The summed E-state index contributed by atoms with van der Waals surface area (Å²) in [5.74, 6) is 0. The van der Waals surface area contributed by atoms with Gasteiger partial charge in [0.1, 0.15) is 0 Å². The van der Waals surface area contributed by atoms with E-state index in [-0.39, 0.29) is 0 Å². The van der Waals surface area contributed by atoms with Crippen LogP contribution in [0.25, 0.3) is 5.57 Å². The number of hydrogen-bond acceptors (Lipinski definition) is 2. The average molecular weight is 212 g/mol. The number of allylic oxidation sites excluding steroid dienone is 1. The summed E-state index contributed by atoms with van der Waals surface area (Å²) in [7, 11) is 0. The second-order valence-electron chi connectivity index (χ2n) is 2.93. The van der Waals surface area contributed by atoms with Gasteiger partial charge in [-0.2, -0.15) is 0 Å². The van der Waals surface area contributed by atoms with Gasteiger partial charge in [-0.25, -0.2) is 0 Å². The van der Waals surface area contributed by atoms with Gasteiger partial charge in [0, 0.05) is 10.6 Å². The average Bonchev–Trinajstić information content (AvgIpc) is 2.71. The predicted octanol–water partition coefficient (Wildman–Crippen LogP) is 3.65. The highest BCUT2D eigenvalue weighted by Crippen LogP contribution is 2.29. The first-order chi connectivity index (χ1) is 6.29. The molecule has 1 aromatic rings. The molecule has 3 heteroatoms. The van der Waals surface area contributed by atoms with Crippen molar-refractivity contribution in [2.45, 2.75) is 13.3 Å². The Morgan fingerprint density at radius 1 is 1.54 bits per heavy atom. The zero-order valence-electron chi connectivity index (χ0n) is 7.38. The van der Waals surface area contributed by atoms with Gasteiger partial charge >= 0.3 is 0 Å². The Morgan fingerprint density at radius 3 is 2.92 bits per heavy atom. The molecule has 0 spiro atoms. The van der Waals surface area contributed by atoms with Crippen molar-refractivity contribution < 1.29 is 0 Å². The van der Waals surface area contributed by atoms with E-state index in [1.807, 2.05) is 6.07 Å². The normalized spacial score (nSPS) is 15.8. The first-order valence-corrected chi connectivity index (χ1v) is 5.48. The topological polar surface area (TPSA) is 12.4 Å². The van der Waals surface area contributed by atoms with Crippen LogP contribution in [-0.4, -0.2) is 12.3 Å². The molecule has 0 unspecified atom stereocenters. The highest BCUT2D eigenvalue weighted by atomic mass is 35.5. The van der Waals surface area contributed by atoms with Gasteiger partial charge in [0.2, 0.25) is 0 Å². The molecule has 0 saturated carbocycles. The molecule has 0 aliphatic carbocycles. The molecule has 0 saturated heterocycles. The molecule has 0 aromatic carbocycles. The summed E-state index contributed by atoms with van der Waals surface area (Å²) in [5, 5.41) is 0. The van der Waals surface area contributed by atoms with Gasteiger partial charge in [0.15, 0.2) is 0 Å². The van der Waals surface area contributed by atoms with E-state index in [1.54, 1.807) is 11.3 Å². The molecule has 1 aromatic heterocycles. The zero-order valence-corrected chi connectivity index (χ0v) is 8.95. The summed E-state index contributed by atoms with van der Waals surface area (Å²) in [4.78, 5) is 5.66. The van der Waals surface area contributed by atoms with E-state index >= 15 is 0 Å². The molecular weight excluding hydrogens is 202 g/mol. The molecule has 0 N–H and O–H groups in total. The van der Waals surface area contributed by atoms with Crippen molar-refractivity contribution in [1.82, 2.24) is 0 Å². The van der Waals surface area contributed by atoms with Crippen LogP contribution in [0.5, 0.6) is 0 Å². The van der Waals surface area contributed by atoms with E-state index < -0.39 is 0 Å². The van der Waals surface area contributed by atoms with Crippen LogP contribution < -0.4 is 0 Å². The molecule has 68 valence electrons. The highest BCUT2D eigenvalue weighted by molar-refractivity contribution is 7.17. The fourth-order valence-electron chi connectivity index (χ4n) is 1.33. The molecule has 0 amide bonds. The molecule has 13 heavy (non-hydrogen) atoms. The van der Waals surface area contributed by atoms with Gasteiger partial charge in [-0.05, 0) is 30.2 Å². The Bertz CT molecular complexity index is 376. The van der Waals surface area contributed by atoms with Crippen molar-refractivity contribution in [3.05, 3.63) is 27.4 Å². The Balaban J connectivity index is 2.22. The predicted molar refractivity (Wildman–Crippen MR) is 59.9 cm³/mol. The van der Waals surface area contributed by atoms with Crippen molar-refractivity contribution in [3.63, 3.8) is 0 Å². The minimum atomic E-state index is 0.819. The Labute approximate surface area is 86.8 Å². The summed E-state index contributed by atoms with van der Waals surface area (Å²) in [5.41, 5.74) is 2.49. The maximum Gasteiger partial charge on any atom is 0.0934 e. The second-order valence-corrected chi connectivity index (χ2v) is 4.65. The Kier molecular flexibility index (Phi) is 2.51. The highest BCUT2D eigenvalue weighted by Gasteiger charge is 2.10. The smallest absolute Gasteiger partial charge is 0.0934 e. The van der Waals surface area contributed by atoms with Crippen LogP contribution >= 0.6 is 22.9 Å². The van der Waals surface area contributed by atoms with E-state index in [4.69, 9.17) is 11.6 Å². The SMILES string of the molecule is CCC1=NCC(c2ccc(Cl)s2)=C1. The van der Waals surface area contributed by atoms with E-state index in [2.05, 4.69) is 24.1 Å². The van der Waals surface area contributed by atoms with Crippen LogP contribution in [0.1, 0.15) is 18.2 Å². The van der Waals surface area contributed by atoms with Crippen molar-refractivity contribution in [1.29, 1.82) is 0 Å². The fraction of sp³-hybridized carbons (Fsp3) is 0.300. The van der Waals surface area contributed by atoms with Crippen molar-refractivity contribution in [3.8, 4) is 0 Å². The van der Waals surface area contributed by atoms with E-state index in [9.17, 15) is 0 Å². The second kappa shape index (κ2) is 3.64. The van der Waals surface area contributed by atoms with Gasteiger partial charge in [-0.1, -0.05) is 18.5 Å². The Morgan fingerprint density at radius 2 is 2.38 bits per heavy atom. The summed E-state index contributed by atoms with van der Waals surface area (Å²) in [6.45, 7) is 2.94. The van der Waals surface area contributed by atoms with Crippen LogP contribution in [0.3, 0.4) is 0 Å². The van der Waals surface area contributed by atoms with Gasteiger partial charge in [-0.15, -0.1) is 11.3 Å². The lowest BCUT2D eigenvalue weighted by molar-refractivity contribution is 1.23. The van der Waals surface area contributed by atoms with Crippen LogP contribution in [0.2, 0.25) is 4.34 Å². The molecule has 1 aliphatic rings. The fourth-order valence-corrected chi connectivity index (χ4v) is 2.38. The first-order valence-electron chi connectivity index (χ1n) is 4.29. The molecule has 0 bridgehead atoms. The lowest BCUT2D eigenvalue weighted by Crippen LogP contribution is -1.83. The van der Waals surface area contributed by atoms with E-state index in [1.165, 1.54) is 16.2 Å². The number of thiophene rings is 1. The number of halogens is 1. The van der Waals surface area contributed by atoms with Crippen molar-refractivity contribution >= 4 is 34.2 Å². The molecule has 0 fully saturated rings. The third-order valence-electron chi connectivity index (χ3n) is 2.05. The minimum absolute atomic E-state index is 0.819. The van der Waals surface area contributed by atoms with Gasteiger partial charge in [-0.3, -0.25) is 4.99 Å². The van der Waals surface area contributed by atoms with Gasteiger partial charge in [0.25, 0.3) is 0 Å². The molecule has 1 nitrogen and oxygen atoms in total. The minimum Gasteiger partial charge on any atom is -0.285 e. The van der Waals surface area contributed by atoms with Crippen LogP contribution in [0.15, 0.2) is 23.2 Å². The summed E-state index contributed by atoms with van der Waals surface area (Å²) >= 11 is 7.48. The van der Waals surface area contributed by atoms with E-state index in [0.29, 0.717) is 0 Å². The van der Waals surface area contributed by atoms with Crippen LogP contribution in [0.4, 0.5) is 0 Å². The van der Waals surface area contributed by atoms with Crippen LogP contribution in [0, 0.1) is 0 Å². The van der Waals surface area contributed by atoms with E-state index in [0.717, 1.165) is 17.3 Å². The number of nitrogens with zero attached hydrogens (tertiary/aromatic N) is 1. The largest absolute Gasteiger partial charge is 0.285 e. The number of rotatable bonds is 2. The third-order valence-corrected chi connectivity index (χ3v) is 3.35. The lowest BCUT2D eigenvalue weighted by atomic mass is 10.2. The lowest BCUT2D eigenvalue weighted by Gasteiger charge is -1.92. The zero-order chi connectivity index (χ0) is 9.26. The maximum absolute atomic E-state index is 5.86. The quantitative estimate of drug-likeness (QED) is 0.708. The monoisotopic (exact) mass is 211 g/mol.